The Labute approximate surface area is 206 Å². The molecule has 0 radical (unpaired) electrons. The molecule has 0 saturated carbocycles. The van der Waals surface area contributed by atoms with Gasteiger partial charge in [0.2, 0.25) is 0 Å². The number of hydrazone groups is 1. The van der Waals surface area contributed by atoms with E-state index in [1.165, 1.54) is 11.8 Å². The number of amides is 1. The van der Waals surface area contributed by atoms with Crippen LogP contribution in [0.25, 0.3) is 17.1 Å². The van der Waals surface area contributed by atoms with Crippen LogP contribution >= 0.6 is 23.4 Å². The lowest BCUT2D eigenvalue weighted by molar-refractivity contribution is -0.118. The highest BCUT2D eigenvalue weighted by molar-refractivity contribution is 7.99. The van der Waals surface area contributed by atoms with Crippen molar-refractivity contribution in [2.24, 2.45) is 5.10 Å². The molecule has 0 bridgehead atoms. The molecule has 172 valence electrons. The lowest BCUT2D eigenvalue weighted by atomic mass is 10.1. The van der Waals surface area contributed by atoms with Gasteiger partial charge in [0.25, 0.3) is 5.91 Å². The molecule has 2 heterocycles. The van der Waals surface area contributed by atoms with Crippen LogP contribution in [0.3, 0.4) is 0 Å². The zero-order valence-electron chi connectivity index (χ0n) is 18.5. The number of carbonyl (C=O) groups excluding carboxylic acids is 1. The van der Waals surface area contributed by atoms with Crippen LogP contribution < -0.4 is 10.2 Å². The fourth-order valence-corrected chi connectivity index (χ4v) is 3.97. The summed E-state index contributed by atoms with van der Waals surface area (Å²) in [6.07, 6.45) is 3.39. The molecule has 0 atom stereocenters. The van der Waals surface area contributed by atoms with Crippen LogP contribution in [0.2, 0.25) is 5.02 Å². The van der Waals surface area contributed by atoms with Gasteiger partial charge in [-0.25, -0.2) is 5.43 Å². The SMILES string of the molecule is COc1cccc(/C(C)=N/NC(=O)CSc2nnc(-c3ccncc3)n2-c2ccc(Cl)cc2)c1. The molecular formula is C24H21ClN6O2S. The van der Waals surface area contributed by atoms with Gasteiger partial charge < -0.3 is 4.74 Å². The number of rotatable bonds is 8. The molecule has 0 spiro atoms. The van der Waals surface area contributed by atoms with Crippen LogP contribution in [-0.2, 0) is 4.79 Å². The molecule has 0 aliphatic carbocycles. The summed E-state index contributed by atoms with van der Waals surface area (Å²) < 4.78 is 7.12. The molecule has 2 aromatic carbocycles. The second kappa shape index (κ2) is 11.0. The second-order valence-electron chi connectivity index (χ2n) is 7.11. The van der Waals surface area contributed by atoms with Gasteiger partial charge in [-0.3, -0.25) is 14.3 Å². The fraction of sp³-hybridized carbons (Fsp3) is 0.125. The Balaban J connectivity index is 1.51. The summed E-state index contributed by atoms with van der Waals surface area (Å²) in [6.45, 7) is 1.82. The van der Waals surface area contributed by atoms with Gasteiger partial charge in [-0.2, -0.15) is 5.10 Å². The van der Waals surface area contributed by atoms with Crippen molar-refractivity contribution in [3.63, 3.8) is 0 Å². The number of nitrogens with one attached hydrogen (secondary N) is 1. The molecule has 1 N–H and O–H groups in total. The van der Waals surface area contributed by atoms with Crippen LogP contribution in [0.1, 0.15) is 12.5 Å². The molecular weight excluding hydrogens is 472 g/mol. The Morgan fingerprint density at radius 1 is 1.12 bits per heavy atom. The van der Waals surface area contributed by atoms with Gasteiger partial charge in [-0.1, -0.05) is 35.5 Å². The number of halogens is 1. The third-order valence-corrected chi connectivity index (χ3v) is 6.01. The summed E-state index contributed by atoms with van der Waals surface area (Å²) in [6, 6.07) is 18.5. The second-order valence-corrected chi connectivity index (χ2v) is 8.49. The van der Waals surface area contributed by atoms with Crippen molar-refractivity contribution in [2.75, 3.05) is 12.9 Å². The maximum Gasteiger partial charge on any atom is 0.250 e. The van der Waals surface area contributed by atoms with Gasteiger partial charge in [-0.05, 0) is 55.5 Å². The molecule has 34 heavy (non-hydrogen) atoms. The average molecular weight is 493 g/mol. The van der Waals surface area contributed by atoms with Gasteiger partial charge in [0, 0.05) is 34.2 Å². The van der Waals surface area contributed by atoms with E-state index in [1.807, 2.05) is 60.0 Å². The Bertz CT molecular complexity index is 1310. The zero-order chi connectivity index (χ0) is 23.9. The number of aromatic nitrogens is 4. The molecule has 4 aromatic rings. The number of hydrogen-bond acceptors (Lipinski definition) is 7. The minimum absolute atomic E-state index is 0.108. The highest BCUT2D eigenvalue weighted by Crippen LogP contribution is 2.28. The molecule has 0 aliphatic heterocycles. The molecule has 0 aliphatic rings. The summed E-state index contributed by atoms with van der Waals surface area (Å²) in [5.74, 6) is 1.21. The van der Waals surface area contributed by atoms with Crippen LogP contribution in [0.4, 0.5) is 0 Å². The number of pyridine rings is 1. The smallest absolute Gasteiger partial charge is 0.250 e. The quantitative estimate of drug-likeness (QED) is 0.219. The number of hydrogen-bond donors (Lipinski definition) is 1. The van der Waals surface area contributed by atoms with E-state index in [0.717, 1.165) is 22.6 Å². The predicted octanol–water partition coefficient (Wildman–Crippen LogP) is 4.62. The molecule has 0 saturated heterocycles. The minimum Gasteiger partial charge on any atom is -0.497 e. The number of carbonyl (C=O) groups is 1. The van der Waals surface area contributed by atoms with Crippen LogP contribution in [0.5, 0.6) is 5.75 Å². The summed E-state index contributed by atoms with van der Waals surface area (Å²) in [5.41, 5.74) is 5.81. The molecule has 0 fully saturated rings. The van der Waals surface area contributed by atoms with E-state index in [4.69, 9.17) is 16.3 Å². The first-order valence-corrected chi connectivity index (χ1v) is 11.6. The number of ether oxygens (including phenoxy) is 1. The van der Waals surface area contributed by atoms with E-state index < -0.39 is 0 Å². The van der Waals surface area contributed by atoms with Crippen LogP contribution in [-0.4, -0.2) is 44.2 Å². The summed E-state index contributed by atoms with van der Waals surface area (Å²) in [5, 5.41) is 14.1. The maximum atomic E-state index is 12.5. The van der Waals surface area contributed by atoms with Crippen LogP contribution in [0.15, 0.2) is 83.3 Å². The van der Waals surface area contributed by atoms with Crippen molar-refractivity contribution < 1.29 is 9.53 Å². The third-order valence-electron chi connectivity index (χ3n) is 4.82. The third kappa shape index (κ3) is 5.62. The van der Waals surface area contributed by atoms with E-state index in [0.29, 0.717) is 21.7 Å². The van der Waals surface area contributed by atoms with Crippen molar-refractivity contribution in [3.05, 3.63) is 83.6 Å². The molecule has 8 nitrogen and oxygen atoms in total. The Kier molecular flexibility index (Phi) is 7.56. The minimum atomic E-state index is -0.261. The van der Waals surface area contributed by atoms with Crippen LogP contribution in [0, 0.1) is 0 Å². The number of benzene rings is 2. The lowest BCUT2D eigenvalue weighted by Gasteiger charge is -2.10. The molecule has 2 aromatic heterocycles. The van der Waals surface area contributed by atoms with Crippen molar-refractivity contribution in [3.8, 4) is 22.8 Å². The van der Waals surface area contributed by atoms with E-state index >= 15 is 0 Å². The molecule has 0 unspecified atom stereocenters. The van der Waals surface area contributed by atoms with Crippen molar-refractivity contribution in [2.45, 2.75) is 12.1 Å². The Hall–Kier alpha value is -3.69. The van der Waals surface area contributed by atoms with E-state index in [2.05, 4.69) is 25.7 Å². The van der Waals surface area contributed by atoms with E-state index in [9.17, 15) is 4.79 Å². The topological polar surface area (TPSA) is 94.3 Å². The molecule has 10 heteroatoms. The zero-order valence-corrected chi connectivity index (χ0v) is 20.0. The monoisotopic (exact) mass is 492 g/mol. The normalized spacial score (nSPS) is 11.3. The number of methoxy groups -OCH3 is 1. The highest BCUT2D eigenvalue weighted by Gasteiger charge is 2.17. The molecule has 1 amide bonds. The first-order valence-electron chi connectivity index (χ1n) is 10.3. The van der Waals surface area contributed by atoms with Gasteiger partial charge in [0.1, 0.15) is 5.75 Å². The fourth-order valence-electron chi connectivity index (χ4n) is 3.10. The van der Waals surface area contributed by atoms with Crippen molar-refractivity contribution in [1.29, 1.82) is 0 Å². The first-order chi connectivity index (χ1) is 16.5. The summed E-state index contributed by atoms with van der Waals surface area (Å²) in [7, 11) is 1.60. The van der Waals surface area contributed by atoms with Gasteiger partial charge in [0.05, 0.1) is 18.6 Å². The summed E-state index contributed by atoms with van der Waals surface area (Å²) in [4.78, 5) is 16.6. The largest absolute Gasteiger partial charge is 0.497 e. The predicted molar refractivity (Wildman–Crippen MR) is 134 cm³/mol. The number of thioether (sulfide) groups is 1. The lowest BCUT2D eigenvalue weighted by Crippen LogP contribution is -2.21. The Morgan fingerprint density at radius 2 is 1.88 bits per heavy atom. The average Bonchev–Trinajstić information content (AvgIpc) is 3.31. The molecule has 4 rings (SSSR count). The van der Waals surface area contributed by atoms with Gasteiger partial charge >= 0.3 is 0 Å². The van der Waals surface area contributed by atoms with Gasteiger partial charge in [0.15, 0.2) is 11.0 Å². The maximum absolute atomic E-state index is 12.5. The van der Waals surface area contributed by atoms with Crippen molar-refractivity contribution >= 4 is 35.0 Å². The standard InChI is InChI=1S/C24H21ClN6O2S/c1-16(18-4-3-5-21(14-18)33-2)27-28-22(32)15-34-24-30-29-23(17-10-12-26-13-11-17)31(24)20-8-6-19(25)7-9-20/h3-14H,15H2,1-2H3,(H,28,32)/b27-16+. The summed E-state index contributed by atoms with van der Waals surface area (Å²) >= 11 is 7.33. The first kappa shape index (κ1) is 23.5. The van der Waals surface area contributed by atoms with E-state index in [1.54, 1.807) is 31.6 Å². The van der Waals surface area contributed by atoms with E-state index in [-0.39, 0.29) is 11.7 Å². The number of nitrogens with zero attached hydrogens (tertiary/aromatic N) is 5. The Morgan fingerprint density at radius 3 is 2.62 bits per heavy atom. The van der Waals surface area contributed by atoms with Crippen molar-refractivity contribution in [1.82, 2.24) is 25.2 Å². The van der Waals surface area contributed by atoms with Gasteiger partial charge in [-0.15, -0.1) is 10.2 Å². The highest BCUT2D eigenvalue weighted by atomic mass is 35.5.